The molecule has 0 aliphatic rings. The van der Waals surface area contributed by atoms with Crippen molar-refractivity contribution in [2.24, 2.45) is 5.10 Å². The maximum absolute atomic E-state index is 11.8. The molecule has 0 saturated heterocycles. The number of rotatable bonds is 8. The summed E-state index contributed by atoms with van der Waals surface area (Å²) in [6.07, 6.45) is 1.68. The van der Waals surface area contributed by atoms with Crippen LogP contribution in [0.4, 0.5) is 5.13 Å². The summed E-state index contributed by atoms with van der Waals surface area (Å²) in [6.45, 7) is 4.41. The van der Waals surface area contributed by atoms with Crippen molar-refractivity contribution in [2.75, 3.05) is 12.0 Å². The summed E-state index contributed by atoms with van der Waals surface area (Å²) in [5, 5.41) is 4.72. The zero-order valence-corrected chi connectivity index (χ0v) is 16.5. The molecule has 0 unspecified atom stereocenters. The second-order valence-corrected chi connectivity index (χ2v) is 6.87. The van der Waals surface area contributed by atoms with Crippen molar-refractivity contribution in [1.82, 2.24) is 4.98 Å². The molecule has 0 fully saturated rings. The predicted molar refractivity (Wildman–Crippen MR) is 111 cm³/mol. The van der Waals surface area contributed by atoms with E-state index in [-0.39, 0.29) is 5.97 Å². The Bertz CT molecular complexity index is 937. The maximum atomic E-state index is 11.8. The molecule has 0 atom stereocenters. The molecule has 1 aromatic heterocycles. The number of benzene rings is 2. The van der Waals surface area contributed by atoms with Gasteiger partial charge in [-0.1, -0.05) is 41.7 Å². The van der Waals surface area contributed by atoms with Gasteiger partial charge in [-0.3, -0.25) is 5.43 Å². The Hall–Kier alpha value is -3.19. The van der Waals surface area contributed by atoms with Gasteiger partial charge in [0.1, 0.15) is 17.2 Å². The number of esters is 1. The summed E-state index contributed by atoms with van der Waals surface area (Å²) in [5.74, 6) is 0.434. The first-order valence-corrected chi connectivity index (χ1v) is 9.67. The lowest BCUT2D eigenvalue weighted by Crippen LogP contribution is -2.03. The second kappa shape index (κ2) is 9.66. The Morgan fingerprint density at radius 1 is 1.18 bits per heavy atom. The van der Waals surface area contributed by atoms with E-state index >= 15 is 0 Å². The number of aromatic nitrogens is 1. The lowest BCUT2D eigenvalue weighted by atomic mass is 10.2. The summed E-state index contributed by atoms with van der Waals surface area (Å²) in [4.78, 5) is 16.6. The van der Waals surface area contributed by atoms with Crippen LogP contribution in [0.15, 0.2) is 59.7 Å². The fraction of sp³-hybridized carbons (Fsp3) is 0.190. The molecule has 7 heteroatoms. The molecule has 1 N–H and O–H groups in total. The minimum absolute atomic E-state index is 0.335. The largest absolute Gasteiger partial charge is 0.489 e. The van der Waals surface area contributed by atoms with Crippen molar-refractivity contribution >= 4 is 28.7 Å². The van der Waals surface area contributed by atoms with E-state index in [9.17, 15) is 4.79 Å². The first-order valence-electron chi connectivity index (χ1n) is 8.86. The fourth-order valence-electron chi connectivity index (χ4n) is 2.38. The van der Waals surface area contributed by atoms with Crippen LogP contribution in [-0.2, 0) is 11.3 Å². The number of aryl methyl sites for hydroxylation is 1. The van der Waals surface area contributed by atoms with Gasteiger partial charge in [0.25, 0.3) is 0 Å². The zero-order chi connectivity index (χ0) is 19.8. The van der Waals surface area contributed by atoms with Gasteiger partial charge in [0.15, 0.2) is 0 Å². The van der Waals surface area contributed by atoms with E-state index < -0.39 is 0 Å². The highest BCUT2D eigenvalue weighted by atomic mass is 32.1. The van der Waals surface area contributed by atoms with Crippen molar-refractivity contribution in [1.29, 1.82) is 0 Å². The molecule has 6 nitrogen and oxygen atoms in total. The normalized spacial score (nSPS) is 10.8. The molecular weight excluding hydrogens is 374 g/mol. The summed E-state index contributed by atoms with van der Waals surface area (Å²) < 4.78 is 10.8. The third-order valence-corrected chi connectivity index (χ3v) is 4.80. The molecule has 144 valence electrons. The zero-order valence-electron chi connectivity index (χ0n) is 15.7. The lowest BCUT2D eigenvalue weighted by Gasteiger charge is -2.06. The summed E-state index contributed by atoms with van der Waals surface area (Å²) in [5.41, 5.74) is 5.52. The van der Waals surface area contributed by atoms with E-state index in [2.05, 4.69) is 15.5 Å². The van der Waals surface area contributed by atoms with Crippen molar-refractivity contribution in [2.45, 2.75) is 20.5 Å². The van der Waals surface area contributed by atoms with Gasteiger partial charge in [-0.15, -0.1) is 0 Å². The fourth-order valence-corrected chi connectivity index (χ4v) is 3.19. The molecule has 3 aromatic rings. The van der Waals surface area contributed by atoms with E-state index in [0.717, 1.165) is 16.9 Å². The number of hydrazone groups is 1. The van der Waals surface area contributed by atoms with Gasteiger partial charge in [0.2, 0.25) is 5.13 Å². The van der Waals surface area contributed by atoms with Crippen LogP contribution in [0.3, 0.4) is 0 Å². The topological polar surface area (TPSA) is 72.8 Å². The van der Waals surface area contributed by atoms with Crippen molar-refractivity contribution in [3.8, 4) is 5.75 Å². The van der Waals surface area contributed by atoms with Crippen LogP contribution in [-0.4, -0.2) is 23.8 Å². The smallest absolute Gasteiger partial charge is 0.350 e. The molecule has 0 aliphatic carbocycles. The van der Waals surface area contributed by atoms with E-state index in [1.165, 1.54) is 11.3 Å². The van der Waals surface area contributed by atoms with Gasteiger partial charge in [0.05, 0.1) is 18.5 Å². The molecule has 0 amide bonds. The molecule has 0 bridgehead atoms. The van der Waals surface area contributed by atoms with Gasteiger partial charge < -0.3 is 9.47 Å². The van der Waals surface area contributed by atoms with Crippen LogP contribution in [0.1, 0.15) is 33.4 Å². The van der Waals surface area contributed by atoms with E-state index in [1.54, 1.807) is 20.1 Å². The Balaban J connectivity index is 1.53. The summed E-state index contributed by atoms with van der Waals surface area (Å²) in [6, 6.07) is 17.7. The van der Waals surface area contributed by atoms with Crippen molar-refractivity contribution < 1.29 is 14.3 Å². The van der Waals surface area contributed by atoms with Gasteiger partial charge >= 0.3 is 5.97 Å². The molecular formula is C21H21N3O3S. The Labute approximate surface area is 167 Å². The number of carbonyl (C=O) groups is 1. The highest BCUT2D eigenvalue weighted by Crippen LogP contribution is 2.23. The monoisotopic (exact) mass is 395 g/mol. The molecule has 28 heavy (non-hydrogen) atoms. The first kappa shape index (κ1) is 19.6. The Kier molecular flexibility index (Phi) is 6.75. The minimum Gasteiger partial charge on any atom is -0.489 e. The van der Waals surface area contributed by atoms with Gasteiger partial charge in [0, 0.05) is 0 Å². The molecule has 0 aliphatic heterocycles. The van der Waals surface area contributed by atoms with Crippen LogP contribution >= 0.6 is 11.3 Å². The highest BCUT2D eigenvalue weighted by Gasteiger charge is 2.15. The summed E-state index contributed by atoms with van der Waals surface area (Å²) in [7, 11) is 0. The average molecular weight is 395 g/mol. The Morgan fingerprint density at radius 3 is 2.64 bits per heavy atom. The van der Waals surface area contributed by atoms with Crippen LogP contribution in [0, 0.1) is 6.92 Å². The molecule has 0 saturated carbocycles. The number of nitrogens with one attached hydrogen (secondary N) is 1. The van der Waals surface area contributed by atoms with Crippen LogP contribution in [0.5, 0.6) is 5.75 Å². The molecule has 3 rings (SSSR count). The molecule has 2 aromatic carbocycles. The quantitative estimate of drug-likeness (QED) is 0.341. The van der Waals surface area contributed by atoms with E-state index in [4.69, 9.17) is 9.47 Å². The number of anilines is 1. The molecule has 0 radical (unpaired) electrons. The second-order valence-electron chi connectivity index (χ2n) is 5.87. The molecule has 0 spiro atoms. The van der Waals surface area contributed by atoms with E-state index in [1.807, 2.05) is 54.6 Å². The van der Waals surface area contributed by atoms with Crippen LogP contribution in [0.2, 0.25) is 0 Å². The third-order valence-electron chi connectivity index (χ3n) is 3.76. The third kappa shape index (κ3) is 5.40. The number of hydrogen-bond donors (Lipinski definition) is 1. The highest BCUT2D eigenvalue weighted by molar-refractivity contribution is 7.17. The number of hydrogen-bond acceptors (Lipinski definition) is 7. The van der Waals surface area contributed by atoms with Gasteiger partial charge in [-0.05, 0) is 49.2 Å². The molecule has 1 heterocycles. The van der Waals surface area contributed by atoms with E-state index in [0.29, 0.717) is 28.9 Å². The number of ether oxygens (including phenoxy) is 2. The first-order chi connectivity index (χ1) is 13.7. The van der Waals surface area contributed by atoms with Gasteiger partial charge in [-0.25, -0.2) is 9.78 Å². The minimum atomic E-state index is -0.361. The van der Waals surface area contributed by atoms with Gasteiger partial charge in [-0.2, -0.15) is 5.10 Å². The average Bonchev–Trinajstić information content (AvgIpc) is 3.09. The predicted octanol–water partition coefficient (Wildman–Crippen LogP) is 4.65. The van der Waals surface area contributed by atoms with Crippen LogP contribution < -0.4 is 10.2 Å². The number of thiazole rings is 1. The van der Waals surface area contributed by atoms with Crippen LogP contribution in [0.25, 0.3) is 0 Å². The Morgan fingerprint density at radius 2 is 1.93 bits per heavy atom. The maximum Gasteiger partial charge on any atom is 0.350 e. The van der Waals surface area contributed by atoms with Crippen molar-refractivity contribution in [3.63, 3.8) is 0 Å². The lowest BCUT2D eigenvalue weighted by molar-refractivity contribution is 0.0531. The number of carbonyl (C=O) groups excluding carboxylic acids is 1. The van der Waals surface area contributed by atoms with Crippen molar-refractivity contribution in [3.05, 3.63) is 76.3 Å². The number of nitrogens with zero attached hydrogens (tertiary/aromatic N) is 2. The summed E-state index contributed by atoms with van der Waals surface area (Å²) >= 11 is 1.22. The SMILES string of the molecule is CCOC(=O)c1sc(N/N=C/c2ccc(OCc3ccccc3)cc2)nc1C. The standard InChI is InChI=1S/C21H21N3O3S/c1-3-26-20(25)19-15(2)23-21(28-19)24-22-13-16-9-11-18(12-10-16)27-14-17-7-5-4-6-8-17/h4-13H,3,14H2,1-2H3,(H,23,24)/b22-13+.